The summed E-state index contributed by atoms with van der Waals surface area (Å²) < 4.78 is 5.71. The summed E-state index contributed by atoms with van der Waals surface area (Å²) in [5.41, 5.74) is 3.26. The Labute approximate surface area is 158 Å². The van der Waals surface area contributed by atoms with Crippen molar-refractivity contribution in [2.75, 3.05) is 6.54 Å². The fourth-order valence-electron chi connectivity index (χ4n) is 4.41. The maximum Gasteiger partial charge on any atom is 0.244 e. The van der Waals surface area contributed by atoms with Crippen LogP contribution in [0.2, 0.25) is 0 Å². The van der Waals surface area contributed by atoms with Crippen LogP contribution >= 0.6 is 0 Å². The monoisotopic (exact) mass is 364 g/mol. The fraction of sp³-hybridized carbons (Fsp3) is 0.500. The molecule has 140 valence electrons. The van der Waals surface area contributed by atoms with Crippen molar-refractivity contribution in [3.63, 3.8) is 0 Å². The van der Waals surface area contributed by atoms with Crippen LogP contribution in [-0.2, 0) is 13.0 Å². The Morgan fingerprint density at radius 3 is 2.85 bits per heavy atom. The molecule has 5 rings (SSSR count). The second-order valence-corrected chi connectivity index (χ2v) is 7.67. The number of aromatic nitrogens is 5. The molecule has 1 fully saturated rings. The molecule has 3 aromatic heterocycles. The summed E-state index contributed by atoms with van der Waals surface area (Å²) in [7, 11) is 0. The zero-order valence-electron chi connectivity index (χ0n) is 15.3. The summed E-state index contributed by atoms with van der Waals surface area (Å²) in [6.07, 6.45) is 12.8. The van der Waals surface area contributed by atoms with E-state index in [0.29, 0.717) is 11.7 Å². The van der Waals surface area contributed by atoms with Crippen LogP contribution in [0, 0.1) is 5.92 Å². The zero-order chi connectivity index (χ0) is 18.1. The Bertz CT molecular complexity index is 883. The fourth-order valence-corrected chi connectivity index (χ4v) is 4.41. The van der Waals surface area contributed by atoms with Gasteiger partial charge in [0.25, 0.3) is 0 Å². The summed E-state index contributed by atoms with van der Waals surface area (Å²) >= 11 is 0. The van der Waals surface area contributed by atoms with E-state index in [9.17, 15) is 0 Å². The van der Waals surface area contributed by atoms with Crippen molar-refractivity contribution in [2.24, 2.45) is 5.92 Å². The Hall–Kier alpha value is -2.54. The van der Waals surface area contributed by atoms with Gasteiger partial charge in [0.1, 0.15) is 0 Å². The molecule has 27 heavy (non-hydrogen) atoms. The molecule has 1 N–H and O–H groups in total. The number of fused-ring (bicyclic) bond motifs is 1. The first kappa shape index (κ1) is 16.6. The first-order chi connectivity index (χ1) is 13.4. The van der Waals surface area contributed by atoms with E-state index in [2.05, 4.69) is 25.0 Å². The highest BCUT2D eigenvalue weighted by atomic mass is 16.5. The Balaban J connectivity index is 1.42. The summed E-state index contributed by atoms with van der Waals surface area (Å²) in [5.74, 6) is 2.07. The van der Waals surface area contributed by atoms with Crippen molar-refractivity contribution in [3.8, 4) is 11.4 Å². The van der Waals surface area contributed by atoms with Crippen LogP contribution in [0.15, 0.2) is 35.4 Å². The van der Waals surface area contributed by atoms with Crippen molar-refractivity contribution in [1.29, 1.82) is 0 Å². The smallest absolute Gasteiger partial charge is 0.244 e. The third-order valence-electron chi connectivity index (χ3n) is 5.88. The summed E-state index contributed by atoms with van der Waals surface area (Å²) in [4.78, 5) is 19.1. The van der Waals surface area contributed by atoms with Crippen molar-refractivity contribution in [3.05, 3.63) is 48.1 Å². The number of pyridine rings is 1. The standard InChI is InChI=1S/C20H24N6O/c1-2-4-14(5-3-1)11-26-12-17-16(22-13-23-17)10-18(26)20-24-19(25-27-20)15-6-8-21-9-7-15/h6-9,13-14,18H,1-5,10-12H2,(H,22,23). The lowest BCUT2D eigenvalue weighted by molar-refractivity contribution is 0.104. The molecule has 2 aliphatic rings. The normalized spacial score (nSPS) is 21.3. The van der Waals surface area contributed by atoms with Gasteiger partial charge in [-0.15, -0.1) is 0 Å². The van der Waals surface area contributed by atoms with Gasteiger partial charge < -0.3 is 9.51 Å². The number of imidazole rings is 1. The number of nitrogens with zero attached hydrogens (tertiary/aromatic N) is 5. The average Bonchev–Trinajstić information content (AvgIpc) is 3.38. The van der Waals surface area contributed by atoms with Crippen molar-refractivity contribution in [1.82, 2.24) is 30.0 Å². The molecule has 0 amide bonds. The molecule has 1 saturated carbocycles. The number of rotatable bonds is 4. The molecule has 0 aromatic carbocycles. The lowest BCUT2D eigenvalue weighted by Crippen LogP contribution is -2.38. The lowest BCUT2D eigenvalue weighted by Gasteiger charge is -2.36. The molecule has 0 saturated heterocycles. The molecular formula is C20H24N6O. The van der Waals surface area contributed by atoms with E-state index in [1.807, 2.05) is 12.1 Å². The van der Waals surface area contributed by atoms with E-state index >= 15 is 0 Å². The molecule has 1 aliphatic heterocycles. The minimum absolute atomic E-state index is 0.0887. The van der Waals surface area contributed by atoms with E-state index in [1.165, 1.54) is 37.8 Å². The number of hydrogen-bond donors (Lipinski definition) is 1. The predicted molar refractivity (Wildman–Crippen MR) is 99.5 cm³/mol. The van der Waals surface area contributed by atoms with Gasteiger partial charge in [-0.05, 0) is 30.9 Å². The third kappa shape index (κ3) is 3.39. The molecule has 0 radical (unpaired) electrons. The van der Waals surface area contributed by atoms with Gasteiger partial charge in [-0.25, -0.2) is 4.98 Å². The summed E-state index contributed by atoms with van der Waals surface area (Å²) in [5, 5.41) is 4.22. The maximum atomic E-state index is 5.71. The van der Waals surface area contributed by atoms with Crippen molar-refractivity contribution < 1.29 is 4.52 Å². The third-order valence-corrected chi connectivity index (χ3v) is 5.88. The molecule has 1 aliphatic carbocycles. The van der Waals surface area contributed by atoms with Crippen LogP contribution in [-0.4, -0.2) is 36.5 Å². The van der Waals surface area contributed by atoms with Gasteiger partial charge in [-0.2, -0.15) is 4.98 Å². The van der Waals surface area contributed by atoms with Crippen molar-refractivity contribution >= 4 is 0 Å². The largest absolute Gasteiger partial charge is 0.347 e. The Morgan fingerprint density at radius 1 is 1.15 bits per heavy atom. The molecule has 1 atom stereocenters. The Morgan fingerprint density at radius 2 is 2.00 bits per heavy atom. The van der Waals surface area contributed by atoms with Gasteiger partial charge in [-0.3, -0.25) is 9.88 Å². The molecule has 3 aromatic rings. The number of aromatic amines is 1. The highest BCUT2D eigenvalue weighted by Crippen LogP contribution is 2.34. The first-order valence-corrected chi connectivity index (χ1v) is 9.86. The predicted octanol–water partition coefficient (Wildman–Crippen LogP) is 3.53. The minimum Gasteiger partial charge on any atom is -0.347 e. The zero-order valence-corrected chi connectivity index (χ0v) is 15.3. The van der Waals surface area contributed by atoms with Gasteiger partial charge in [0.05, 0.1) is 23.8 Å². The highest BCUT2D eigenvalue weighted by molar-refractivity contribution is 5.52. The van der Waals surface area contributed by atoms with E-state index in [1.54, 1.807) is 18.7 Å². The van der Waals surface area contributed by atoms with E-state index in [0.717, 1.165) is 36.7 Å². The second-order valence-electron chi connectivity index (χ2n) is 7.67. The van der Waals surface area contributed by atoms with E-state index in [4.69, 9.17) is 9.51 Å². The molecule has 7 heteroatoms. The average molecular weight is 364 g/mol. The molecule has 0 spiro atoms. The molecular weight excluding hydrogens is 340 g/mol. The number of H-pyrrole nitrogens is 1. The van der Waals surface area contributed by atoms with Crippen LogP contribution < -0.4 is 0 Å². The van der Waals surface area contributed by atoms with E-state index < -0.39 is 0 Å². The lowest BCUT2D eigenvalue weighted by atomic mass is 9.88. The van der Waals surface area contributed by atoms with Gasteiger partial charge in [0, 0.05) is 37.5 Å². The first-order valence-electron chi connectivity index (χ1n) is 9.86. The van der Waals surface area contributed by atoms with Crippen LogP contribution in [0.25, 0.3) is 11.4 Å². The Kier molecular flexibility index (Phi) is 4.45. The number of hydrogen-bond acceptors (Lipinski definition) is 6. The quantitative estimate of drug-likeness (QED) is 0.762. The number of nitrogens with one attached hydrogen (secondary N) is 1. The minimum atomic E-state index is 0.0887. The van der Waals surface area contributed by atoms with E-state index in [-0.39, 0.29) is 6.04 Å². The SMILES string of the molecule is c1cc(-c2noc(C3Cc4nc[nH]c4CN3CC3CCCCC3)n2)ccn1. The maximum absolute atomic E-state index is 5.71. The molecule has 7 nitrogen and oxygen atoms in total. The molecule has 0 bridgehead atoms. The van der Waals surface area contributed by atoms with Gasteiger partial charge in [0.2, 0.25) is 11.7 Å². The summed E-state index contributed by atoms with van der Waals surface area (Å²) in [6, 6.07) is 3.90. The van der Waals surface area contributed by atoms with Crippen LogP contribution in [0.1, 0.15) is 55.4 Å². The van der Waals surface area contributed by atoms with Crippen LogP contribution in [0.3, 0.4) is 0 Å². The second kappa shape index (κ2) is 7.23. The van der Waals surface area contributed by atoms with Crippen LogP contribution in [0.5, 0.6) is 0 Å². The van der Waals surface area contributed by atoms with Gasteiger partial charge in [-0.1, -0.05) is 24.4 Å². The van der Waals surface area contributed by atoms with Gasteiger partial charge >= 0.3 is 0 Å². The summed E-state index contributed by atoms with van der Waals surface area (Å²) in [6.45, 7) is 1.94. The molecule has 1 unspecified atom stereocenters. The topological polar surface area (TPSA) is 83.7 Å². The highest BCUT2D eigenvalue weighted by Gasteiger charge is 2.34. The molecule has 4 heterocycles. The van der Waals surface area contributed by atoms with Crippen molar-refractivity contribution in [2.45, 2.75) is 51.1 Å². The van der Waals surface area contributed by atoms with Crippen LogP contribution in [0.4, 0.5) is 0 Å². The van der Waals surface area contributed by atoms with Gasteiger partial charge in [0.15, 0.2) is 0 Å².